The number of carbonyl (C=O) groups is 1. The molecule has 1 amide bonds. The number of nitrogens with zero attached hydrogens (tertiary/aromatic N) is 2. The lowest BCUT2D eigenvalue weighted by atomic mass is 10.2. The third kappa shape index (κ3) is 7.25. The minimum atomic E-state index is -3.54. The Labute approximate surface area is 165 Å². The molecule has 1 aliphatic heterocycles. The molecule has 8 heteroatoms. The summed E-state index contributed by atoms with van der Waals surface area (Å²) in [5, 5.41) is 2.84. The second-order valence-electron chi connectivity index (χ2n) is 6.71. The lowest BCUT2D eigenvalue weighted by molar-refractivity contribution is -0.119. The highest BCUT2D eigenvalue weighted by atomic mass is 79.9. The third-order valence-electron chi connectivity index (χ3n) is 4.46. The molecule has 1 aliphatic rings. The van der Waals surface area contributed by atoms with Crippen LogP contribution >= 0.6 is 15.9 Å². The van der Waals surface area contributed by atoms with Crippen LogP contribution in [0.3, 0.4) is 0 Å². The van der Waals surface area contributed by atoms with Gasteiger partial charge in [0, 0.05) is 11.0 Å². The van der Waals surface area contributed by atoms with Crippen LogP contribution in [0.1, 0.15) is 32.1 Å². The number of halogens is 1. The first-order chi connectivity index (χ1) is 12.4. The van der Waals surface area contributed by atoms with E-state index < -0.39 is 10.0 Å². The number of nitrogens with one attached hydrogen (secondary N) is 1. The van der Waals surface area contributed by atoms with Gasteiger partial charge in [0.2, 0.25) is 15.9 Å². The van der Waals surface area contributed by atoms with E-state index >= 15 is 0 Å². The first-order valence-electron chi connectivity index (χ1n) is 9.08. The number of sulfonamides is 1. The van der Waals surface area contributed by atoms with Crippen LogP contribution in [0.2, 0.25) is 0 Å². The van der Waals surface area contributed by atoms with E-state index in [1.807, 2.05) is 6.07 Å². The summed E-state index contributed by atoms with van der Waals surface area (Å²) in [7, 11) is -3.54. The predicted molar refractivity (Wildman–Crippen MR) is 109 cm³/mol. The predicted octanol–water partition coefficient (Wildman–Crippen LogP) is 2.60. The van der Waals surface area contributed by atoms with Crippen molar-refractivity contribution < 1.29 is 13.2 Å². The normalized spacial score (nSPS) is 16.1. The van der Waals surface area contributed by atoms with E-state index in [-0.39, 0.29) is 12.5 Å². The van der Waals surface area contributed by atoms with Crippen molar-refractivity contribution in [3.63, 3.8) is 0 Å². The quantitative estimate of drug-likeness (QED) is 0.624. The zero-order valence-electron chi connectivity index (χ0n) is 15.3. The summed E-state index contributed by atoms with van der Waals surface area (Å²) in [6, 6.07) is 6.93. The molecule has 1 aromatic rings. The molecule has 6 nitrogen and oxygen atoms in total. The summed E-state index contributed by atoms with van der Waals surface area (Å²) >= 11 is 3.33. The molecule has 0 aliphatic carbocycles. The van der Waals surface area contributed by atoms with E-state index in [1.54, 1.807) is 18.2 Å². The van der Waals surface area contributed by atoms with Gasteiger partial charge in [-0.05, 0) is 57.1 Å². The summed E-state index contributed by atoms with van der Waals surface area (Å²) in [6.07, 6.45) is 7.11. The zero-order chi connectivity index (χ0) is 19.0. The molecule has 1 fully saturated rings. The van der Waals surface area contributed by atoms with Crippen molar-refractivity contribution >= 4 is 37.5 Å². The van der Waals surface area contributed by atoms with Gasteiger partial charge in [0.1, 0.15) is 6.54 Å². The topological polar surface area (TPSA) is 69.7 Å². The zero-order valence-corrected chi connectivity index (χ0v) is 17.7. The first-order valence-corrected chi connectivity index (χ1v) is 11.7. The van der Waals surface area contributed by atoms with Crippen molar-refractivity contribution in [2.75, 3.05) is 43.3 Å². The van der Waals surface area contributed by atoms with Crippen molar-refractivity contribution in [2.45, 2.75) is 32.1 Å². The Balaban J connectivity index is 1.82. The van der Waals surface area contributed by atoms with Crippen LogP contribution in [-0.2, 0) is 14.8 Å². The fourth-order valence-electron chi connectivity index (χ4n) is 3.11. The van der Waals surface area contributed by atoms with Crippen molar-refractivity contribution in [3.8, 4) is 0 Å². The van der Waals surface area contributed by atoms with E-state index in [1.165, 1.54) is 25.7 Å². The van der Waals surface area contributed by atoms with Gasteiger partial charge in [-0.2, -0.15) is 0 Å². The smallest absolute Gasteiger partial charge is 0.240 e. The number of rotatable bonds is 8. The molecule has 146 valence electrons. The van der Waals surface area contributed by atoms with Gasteiger partial charge in [-0.25, -0.2) is 8.42 Å². The van der Waals surface area contributed by atoms with Crippen LogP contribution in [0.25, 0.3) is 0 Å². The number of likely N-dealkylation sites (tertiary alicyclic amines) is 1. The lowest BCUT2D eigenvalue weighted by Crippen LogP contribution is -2.41. The monoisotopic (exact) mass is 445 g/mol. The standard InChI is InChI=1S/C18H28BrN3O3S/c1-26(24,25)22(17-9-6-8-16(19)14-17)15-18(23)20-10-7-13-21-11-4-2-3-5-12-21/h6,8-9,14H,2-5,7,10-13,15H2,1H3,(H,20,23). The van der Waals surface area contributed by atoms with Crippen LogP contribution in [0.5, 0.6) is 0 Å². The van der Waals surface area contributed by atoms with Crippen LogP contribution < -0.4 is 9.62 Å². The van der Waals surface area contributed by atoms with Crippen molar-refractivity contribution in [2.24, 2.45) is 0 Å². The fraction of sp³-hybridized carbons (Fsp3) is 0.611. The molecular weight excluding hydrogens is 418 g/mol. The van der Waals surface area contributed by atoms with Crippen molar-refractivity contribution in [3.05, 3.63) is 28.7 Å². The van der Waals surface area contributed by atoms with Gasteiger partial charge in [-0.3, -0.25) is 9.10 Å². The Morgan fingerprint density at radius 3 is 2.54 bits per heavy atom. The third-order valence-corrected chi connectivity index (χ3v) is 6.09. The van der Waals surface area contributed by atoms with E-state index in [0.717, 1.165) is 41.1 Å². The molecule has 0 atom stereocenters. The highest BCUT2D eigenvalue weighted by Crippen LogP contribution is 2.21. The molecule has 1 aromatic carbocycles. The SMILES string of the molecule is CS(=O)(=O)N(CC(=O)NCCCN1CCCCCC1)c1cccc(Br)c1. The Kier molecular flexibility index (Phi) is 8.37. The van der Waals surface area contributed by atoms with Gasteiger partial charge in [0.25, 0.3) is 0 Å². The molecule has 0 saturated carbocycles. The van der Waals surface area contributed by atoms with E-state index in [4.69, 9.17) is 0 Å². The molecule has 0 radical (unpaired) electrons. The van der Waals surface area contributed by atoms with Gasteiger partial charge < -0.3 is 10.2 Å². The van der Waals surface area contributed by atoms with E-state index in [0.29, 0.717) is 12.2 Å². The second-order valence-corrected chi connectivity index (χ2v) is 9.53. The molecule has 0 unspecified atom stereocenters. The van der Waals surface area contributed by atoms with Crippen LogP contribution in [0, 0.1) is 0 Å². The second kappa shape index (κ2) is 10.3. The summed E-state index contributed by atoms with van der Waals surface area (Å²) in [5.41, 5.74) is 0.474. The average molecular weight is 446 g/mol. The van der Waals surface area contributed by atoms with Gasteiger partial charge in [0.05, 0.1) is 11.9 Å². The van der Waals surface area contributed by atoms with Gasteiger partial charge in [-0.15, -0.1) is 0 Å². The molecule has 0 bridgehead atoms. The van der Waals surface area contributed by atoms with Crippen LogP contribution in [0.15, 0.2) is 28.7 Å². The Morgan fingerprint density at radius 1 is 1.23 bits per heavy atom. The maximum atomic E-state index is 12.2. The van der Waals surface area contributed by atoms with E-state index in [9.17, 15) is 13.2 Å². The van der Waals surface area contributed by atoms with E-state index in [2.05, 4.69) is 26.1 Å². The average Bonchev–Trinajstić information content (AvgIpc) is 2.84. The summed E-state index contributed by atoms with van der Waals surface area (Å²) < 4.78 is 26.0. The van der Waals surface area contributed by atoms with Gasteiger partial charge in [0.15, 0.2) is 0 Å². The first kappa shape index (κ1) is 21.2. The Morgan fingerprint density at radius 2 is 1.92 bits per heavy atom. The summed E-state index contributed by atoms with van der Waals surface area (Å²) in [5.74, 6) is -0.286. The number of amides is 1. The molecule has 2 rings (SSSR count). The molecule has 0 spiro atoms. The number of hydrogen-bond donors (Lipinski definition) is 1. The maximum Gasteiger partial charge on any atom is 0.240 e. The largest absolute Gasteiger partial charge is 0.354 e. The summed E-state index contributed by atoms with van der Waals surface area (Å²) in [4.78, 5) is 14.7. The molecule has 0 aromatic heterocycles. The molecule has 1 heterocycles. The van der Waals surface area contributed by atoms with Gasteiger partial charge >= 0.3 is 0 Å². The minimum Gasteiger partial charge on any atom is -0.354 e. The van der Waals surface area contributed by atoms with Crippen LogP contribution in [0.4, 0.5) is 5.69 Å². The van der Waals surface area contributed by atoms with Crippen molar-refractivity contribution in [1.82, 2.24) is 10.2 Å². The maximum absolute atomic E-state index is 12.2. The number of carbonyl (C=O) groups excluding carboxylic acids is 1. The highest BCUT2D eigenvalue weighted by molar-refractivity contribution is 9.10. The molecule has 26 heavy (non-hydrogen) atoms. The summed E-state index contributed by atoms with van der Waals surface area (Å²) in [6.45, 7) is 3.60. The Hall–Kier alpha value is -1.12. The molecule has 1 saturated heterocycles. The van der Waals surface area contributed by atoms with Gasteiger partial charge in [-0.1, -0.05) is 34.8 Å². The number of hydrogen-bond acceptors (Lipinski definition) is 4. The minimum absolute atomic E-state index is 0.209. The number of benzene rings is 1. The Bertz CT molecular complexity index is 689. The van der Waals surface area contributed by atoms with Crippen LogP contribution in [-0.4, -0.2) is 58.2 Å². The lowest BCUT2D eigenvalue weighted by Gasteiger charge is -2.22. The highest BCUT2D eigenvalue weighted by Gasteiger charge is 2.20. The molecular formula is C18H28BrN3O3S. The fourth-order valence-corrected chi connectivity index (χ4v) is 4.34. The number of anilines is 1. The molecule has 1 N–H and O–H groups in total. The van der Waals surface area contributed by atoms with Crippen molar-refractivity contribution in [1.29, 1.82) is 0 Å².